The van der Waals surface area contributed by atoms with Gasteiger partial charge in [-0.15, -0.1) is 0 Å². The van der Waals surface area contributed by atoms with Crippen molar-refractivity contribution in [1.82, 2.24) is 14.9 Å². The number of hydrogen-bond acceptors (Lipinski definition) is 2. The first-order chi connectivity index (χ1) is 5.13. The van der Waals surface area contributed by atoms with Crippen LogP contribution in [0.3, 0.4) is 0 Å². The maximum atomic E-state index is 11.3. The van der Waals surface area contributed by atoms with Gasteiger partial charge in [0.25, 0.3) is 5.91 Å². The molecule has 0 saturated heterocycles. The Morgan fingerprint density at radius 2 is 2.27 bits per heavy atom. The number of nitrogens with zero attached hydrogens (tertiary/aromatic N) is 2. The van der Waals surface area contributed by atoms with Gasteiger partial charge in [-0.3, -0.25) is 4.79 Å². The fraction of sp³-hybridized carbons (Fsp3) is 0.429. The van der Waals surface area contributed by atoms with E-state index in [1.807, 2.05) is 6.92 Å². The number of imidazole rings is 1. The molecule has 0 aromatic carbocycles. The number of aromatic nitrogens is 2. The van der Waals surface area contributed by atoms with Crippen molar-refractivity contribution in [1.29, 1.82) is 0 Å². The predicted molar refractivity (Wildman–Crippen MR) is 41.3 cm³/mol. The third-order valence-corrected chi connectivity index (χ3v) is 1.44. The summed E-state index contributed by atoms with van der Waals surface area (Å²) >= 11 is 0. The smallest absolute Gasteiger partial charge is 0.273 e. The Hall–Kier alpha value is -1.32. The summed E-state index contributed by atoms with van der Waals surface area (Å²) in [6, 6.07) is 0. The lowest BCUT2D eigenvalue weighted by Gasteiger charge is -2.07. The topological polar surface area (TPSA) is 49.0 Å². The number of nitrogens with one attached hydrogen (secondary N) is 1. The minimum atomic E-state index is -0.0660. The zero-order valence-electron chi connectivity index (χ0n) is 6.88. The molecule has 4 heteroatoms. The predicted octanol–water partition coefficient (Wildman–Crippen LogP) is 0.420. The zero-order chi connectivity index (χ0) is 8.43. The number of amides is 1. The van der Waals surface area contributed by atoms with Crippen molar-refractivity contribution >= 4 is 5.91 Å². The highest BCUT2D eigenvalue weighted by atomic mass is 16.2. The Morgan fingerprint density at radius 1 is 1.64 bits per heavy atom. The SMILES string of the molecule is Cc1[nH]cnc1C(=O)N(C)C. The fourth-order valence-corrected chi connectivity index (χ4v) is 0.786. The minimum Gasteiger partial charge on any atom is -0.348 e. The van der Waals surface area contributed by atoms with E-state index in [4.69, 9.17) is 0 Å². The second kappa shape index (κ2) is 2.74. The first-order valence-electron chi connectivity index (χ1n) is 3.34. The van der Waals surface area contributed by atoms with Gasteiger partial charge in [0, 0.05) is 19.8 Å². The molecule has 1 aromatic heterocycles. The Kier molecular flexibility index (Phi) is 1.94. The average Bonchev–Trinajstić information content (AvgIpc) is 2.33. The van der Waals surface area contributed by atoms with Crippen molar-refractivity contribution in [3.05, 3.63) is 17.7 Å². The standard InChI is InChI=1S/C7H11N3O/c1-5-6(9-4-8-5)7(11)10(2)3/h4H,1-3H3,(H,8,9). The molecule has 0 fully saturated rings. The van der Waals surface area contributed by atoms with E-state index < -0.39 is 0 Å². The largest absolute Gasteiger partial charge is 0.348 e. The van der Waals surface area contributed by atoms with Crippen molar-refractivity contribution in [2.24, 2.45) is 0 Å². The fourth-order valence-electron chi connectivity index (χ4n) is 0.786. The summed E-state index contributed by atoms with van der Waals surface area (Å²) in [7, 11) is 3.41. The van der Waals surface area contributed by atoms with Gasteiger partial charge in [0.1, 0.15) is 5.69 Å². The van der Waals surface area contributed by atoms with E-state index in [0.717, 1.165) is 5.69 Å². The van der Waals surface area contributed by atoms with Crippen LogP contribution in [-0.2, 0) is 0 Å². The molecule has 1 rings (SSSR count). The molecule has 0 radical (unpaired) electrons. The van der Waals surface area contributed by atoms with Crippen molar-refractivity contribution in [3.8, 4) is 0 Å². The highest BCUT2D eigenvalue weighted by molar-refractivity contribution is 5.92. The lowest BCUT2D eigenvalue weighted by Crippen LogP contribution is -2.22. The Balaban J connectivity index is 2.93. The molecule has 4 nitrogen and oxygen atoms in total. The second-order valence-electron chi connectivity index (χ2n) is 2.58. The molecular formula is C7H11N3O. The highest BCUT2D eigenvalue weighted by Gasteiger charge is 2.12. The third-order valence-electron chi connectivity index (χ3n) is 1.44. The Bertz CT molecular complexity index is 264. The summed E-state index contributed by atoms with van der Waals surface area (Å²) in [5.41, 5.74) is 1.30. The molecule has 0 bridgehead atoms. The Morgan fingerprint density at radius 3 is 2.64 bits per heavy atom. The lowest BCUT2D eigenvalue weighted by molar-refractivity contribution is 0.0822. The summed E-state index contributed by atoms with van der Waals surface area (Å²) < 4.78 is 0. The normalized spacial score (nSPS) is 9.73. The molecule has 0 atom stereocenters. The van der Waals surface area contributed by atoms with E-state index in [9.17, 15) is 4.79 Å². The van der Waals surface area contributed by atoms with Crippen molar-refractivity contribution in [2.75, 3.05) is 14.1 Å². The Labute approximate surface area is 65.2 Å². The van der Waals surface area contributed by atoms with Crippen LogP contribution < -0.4 is 0 Å². The number of aryl methyl sites for hydroxylation is 1. The van der Waals surface area contributed by atoms with Crippen molar-refractivity contribution in [2.45, 2.75) is 6.92 Å². The van der Waals surface area contributed by atoms with Gasteiger partial charge in [-0.2, -0.15) is 0 Å². The zero-order valence-corrected chi connectivity index (χ0v) is 6.88. The highest BCUT2D eigenvalue weighted by Crippen LogP contribution is 2.02. The second-order valence-corrected chi connectivity index (χ2v) is 2.58. The number of carbonyl (C=O) groups excluding carboxylic acids is 1. The maximum Gasteiger partial charge on any atom is 0.273 e. The van der Waals surface area contributed by atoms with Crippen molar-refractivity contribution < 1.29 is 4.79 Å². The average molecular weight is 153 g/mol. The summed E-state index contributed by atoms with van der Waals surface area (Å²) in [6.07, 6.45) is 1.52. The molecule has 0 aliphatic rings. The van der Waals surface area contributed by atoms with Gasteiger partial charge in [-0.25, -0.2) is 4.98 Å². The maximum absolute atomic E-state index is 11.3. The summed E-state index contributed by atoms with van der Waals surface area (Å²) in [5, 5.41) is 0. The third kappa shape index (κ3) is 1.39. The molecule has 0 saturated carbocycles. The van der Waals surface area contributed by atoms with Crippen LogP contribution in [0.15, 0.2) is 6.33 Å². The minimum absolute atomic E-state index is 0.0660. The lowest BCUT2D eigenvalue weighted by atomic mass is 10.3. The van der Waals surface area contributed by atoms with E-state index >= 15 is 0 Å². The van der Waals surface area contributed by atoms with E-state index in [1.54, 1.807) is 14.1 Å². The molecule has 0 aliphatic heterocycles. The van der Waals surface area contributed by atoms with Crippen LogP contribution in [0.1, 0.15) is 16.2 Å². The van der Waals surface area contributed by atoms with Gasteiger partial charge in [0.15, 0.2) is 0 Å². The number of aromatic amines is 1. The summed E-state index contributed by atoms with van der Waals surface area (Å²) in [6.45, 7) is 1.82. The molecule has 60 valence electrons. The molecule has 1 amide bonds. The van der Waals surface area contributed by atoms with Gasteiger partial charge in [0.05, 0.1) is 6.33 Å². The van der Waals surface area contributed by atoms with Gasteiger partial charge < -0.3 is 9.88 Å². The van der Waals surface area contributed by atoms with Gasteiger partial charge in [-0.05, 0) is 6.92 Å². The molecule has 0 spiro atoms. The molecule has 0 unspecified atom stereocenters. The first-order valence-corrected chi connectivity index (χ1v) is 3.34. The number of hydrogen-bond donors (Lipinski definition) is 1. The van der Waals surface area contributed by atoms with Crippen LogP contribution >= 0.6 is 0 Å². The molecule has 0 aliphatic carbocycles. The summed E-state index contributed by atoms with van der Waals surface area (Å²) in [4.78, 5) is 19.5. The molecule has 1 aromatic rings. The van der Waals surface area contributed by atoms with E-state index in [1.165, 1.54) is 11.2 Å². The van der Waals surface area contributed by atoms with Gasteiger partial charge in [-0.1, -0.05) is 0 Å². The van der Waals surface area contributed by atoms with E-state index in [2.05, 4.69) is 9.97 Å². The summed E-state index contributed by atoms with van der Waals surface area (Å²) in [5.74, 6) is -0.0660. The van der Waals surface area contributed by atoms with E-state index in [0.29, 0.717) is 5.69 Å². The van der Waals surface area contributed by atoms with Crippen LogP contribution in [0, 0.1) is 6.92 Å². The van der Waals surface area contributed by atoms with Crippen molar-refractivity contribution in [3.63, 3.8) is 0 Å². The van der Waals surface area contributed by atoms with Crippen LogP contribution in [0.5, 0.6) is 0 Å². The van der Waals surface area contributed by atoms with Crippen LogP contribution in [0.4, 0.5) is 0 Å². The molecular weight excluding hydrogens is 142 g/mol. The van der Waals surface area contributed by atoms with Crippen LogP contribution in [0.25, 0.3) is 0 Å². The van der Waals surface area contributed by atoms with E-state index in [-0.39, 0.29) is 5.91 Å². The van der Waals surface area contributed by atoms with Crippen LogP contribution in [-0.4, -0.2) is 34.9 Å². The quantitative estimate of drug-likeness (QED) is 0.635. The van der Waals surface area contributed by atoms with Gasteiger partial charge in [0.2, 0.25) is 0 Å². The number of rotatable bonds is 1. The molecule has 1 heterocycles. The monoisotopic (exact) mass is 153 g/mol. The van der Waals surface area contributed by atoms with Gasteiger partial charge >= 0.3 is 0 Å². The number of carbonyl (C=O) groups is 1. The first kappa shape index (κ1) is 7.78. The van der Waals surface area contributed by atoms with Crippen LogP contribution in [0.2, 0.25) is 0 Å². The number of H-pyrrole nitrogens is 1. The molecule has 1 N–H and O–H groups in total. The molecule has 11 heavy (non-hydrogen) atoms.